The largest absolute Gasteiger partial charge is 0.444 e. The molecule has 0 radical (unpaired) electrons. The third-order valence-corrected chi connectivity index (χ3v) is 8.65. The zero-order chi connectivity index (χ0) is 27.1. The quantitative estimate of drug-likeness (QED) is 0.386. The molecule has 2 aromatic rings. The Morgan fingerprint density at radius 2 is 1.97 bits per heavy atom. The van der Waals surface area contributed by atoms with Crippen molar-refractivity contribution in [3.05, 3.63) is 46.4 Å². The van der Waals surface area contributed by atoms with Gasteiger partial charge in [0.25, 0.3) is 0 Å². The van der Waals surface area contributed by atoms with Gasteiger partial charge in [-0.2, -0.15) is 5.26 Å². The first-order valence-electron chi connectivity index (χ1n) is 13.4. The summed E-state index contributed by atoms with van der Waals surface area (Å²) in [5.74, 6) is 0.850. The highest BCUT2D eigenvalue weighted by atomic mass is 32.2. The van der Waals surface area contributed by atoms with Gasteiger partial charge in [0.2, 0.25) is 0 Å². The zero-order valence-electron chi connectivity index (χ0n) is 22.7. The Morgan fingerprint density at radius 1 is 1.21 bits per heavy atom. The molecule has 1 aromatic heterocycles. The van der Waals surface area contributed by atoms with Crippen molar-refractivity contribution in [2.24, 2.45) is 5.41 Å². The molecule has 2 heterocycles. The summed E-state index contributed by atoms with van der Waals surface area (Å²) in [6, 6.07) is 7.45. The molecule has 1 aromatic carbocycles. The van der Waals surface area contributed by atoms with E-state index in [9.17, 15) is 14.4 Å². The van der Waals surface area contributed by atoms with Crippen molar-refractivity contribution < 1.29 is 13.9 Å². The molecule has 1 fully saturated rings. The number of piperazine rings is 1. The molecule has 0 N–H and O–H groups in total. The van der Waals surface area contributed by atoms with E-state index < -0.39 is 5.60 Å². The molecule has 7 nitrogen and oxygen atoms in total. The summed E-state index contributed by atoms with van der Waals surface area (Å²) in [6.45, 7) is 7.18. The van der Waals surface area contributed by atoms with Crippen molar-refractivity contribution in [1.82, 2.24) is 14.9 Å². The van der Waals surface area contributed by atoms with Crippen LogP contribution in [0, 0.1) is 22.6 Å². The number of aromatic nitrogens is 2. The van der Waals surface area contributed by atoms with Crippen molar-refractivity contribution in [3.63, 3.8) is 0 Å². The van der Waals surface area contributed by atoms with E-state index in [2.05, 4.69) is 17.0 Å². The first-order valence-corrected chi connectivity index (χ1v) is 14.7. The fourth-order valence-corrected chi connectivity index (χ4v) is 6.65. The molecule has 202 valence electrons. The third kappa shape index (κ3) is 5.33. The van der Waals surface area contributed by atoms with Crippen LogP contribution in [-0.2, 0) is 30.4 Å². The molecule has 3 aliphatic rings. The van der Waals surface area contributed by atoms with E-state index in [4.69, 9.17) is 14.7 Å². The Bertz CT molecular complexity index is 1270. The van der Waals surface area contributed by atoms with Crippen molar-refractivity contribution in [2.75, 3.05) is 30.8 Å². The number of ether oxygens (including phenoxy) is 1. The van der Waals surface area contributed by atoms with E-state index in [-0.39, 0.29) is 29.8 Å². The number of nitriles is 1. The van der Waals surface area contributed by atoms with Crippen LogP contribution in [0.1, 0.15) is 62.4 Å². The van der Waals surface area contributed by atoms with Crippen LogP contribution in [0.25, 0.3) is 0 Å². The molecule has 2 aliphatic carbocycles. The second-order valence-corrected chi connectivity index (χ2v) is 12.6. The lowest BCUT2D eigenvalue weighted by molar-refractivity contribution is 0.0144. The summed E-state index contributed by atoms with van der Waals surface area (Å²) in [5, 5.41) is 10.2. The minimum absolute atomic E-state index is 0.0831. The van der Waals surface area contributed by atoms with E-state index in [0.717, 1.165) is 66.3 Å². The number of benzene rings is 1. The number of hydrogen-bond acceptors (Lipinski definition) is 7. The number of carbonyl (C=O) groups is 1. The molecule has 1 aliphatic heterocycles. The maximum absolute atomic E-state index is 14.4. The minimum Gasteiger partial charge on any atom is -0.444 e. The molecule has 1 amide bonds. The third-order valence-electron chi connectivity index (χ3n) is 8.10. The SMILES string of the molecule is CSc1nc2c(c(N3CCN(C(=O)OC(C)(C)C)C(CC#N)C3)n1)CC[C@@]1(CCc3c(F)cccc3C1)C2. The first-order chi connectivity index (χ1) is 18.1. The van der Waals surface area contributed by atoms with Crippen molar-refractivity contribution in [1.29, 1.82) is 5.26 Å². The van der Waals surface area contributed by atoms with Crippen LogP contribution >= 0.6 is 11.8 Å². The molecule has 1 spiro atoms. The number of nitrogens with zero attached hydrogens (tertiary/aromatic N) is 5. The van der Waals surface area contributed by atoms with Crippen LogP contribution in [0.2, 0.25) is 0 Å². The summed E-state index contributed by atoms with van der Waals surface area (Å²) in [4.78, 5) is 26.7. The summed E-state index contributed by atoms with van der Waals surface area (Å²) < 4.78 is 20.0. The molecule has 1 unspecified atom stereocenters. The van der Waals surface area contributed by atoms with E-state index in [1.54, 1.807) is 11.0 Å². The van der Waals surface area contributed by atoms with Gasteiger partial charge in [-0.3, -0.25) is 0 Å². The number of thioether (sulfide) groups is 1. The normalized spacial score (nSPS) is 23.0. The summed E-state index contributed by atoms with van der Waals surface area (Å²) in [7, 11) is 0. The number of carbonyl (C=O) groups excluding carboxylic acids is 1. The maximum Gasteiger partial charge on any atom is 0.410 e. The van der Waals surface area contributed by atoms with Gasteiger partial charge in [-0.15, -0.1) is 0 Å². The molecule has 1 saturated heterocycles. The lowest BCUT2D eigenvalue weighted by atomic mass is 9.63. The summed E-state index contributed by atoms with van der Waals surface area (Å²) in [6.07, 6.45) is 7.22. The van der Waals surface area contributed by atoms with Crippen LogP contribution in [0.15, 0.2) is 23.4 Å². The molecule has 0 saturated carbocycles. The second kappa shape index (κ2) is 10.4. The van der Waals surface area contributed by atoms with Crippen LogP contribution in [0.3, 0.4) is 0 Å². The molecular formula is C29H36FN5O2S. The first kappa shape index (κ1) is 26.7. The Kier molecular flexibility index (Phi) is 7.29. The molecule has 5 rings (SSSR count). The second-order valence-electron chi connectivity index (χ2n) is 11.8. The molecular weight excluding hydrogens is 501 g/mol. The summed E-state index contributed by atoms with van der Waals surface area (Å²) >= 11 is 1.53. The molecule has 9 heteroatoms. The topological polar surface area (TPSA) is 82.4 Å². The van der Waals surface area contributed by atoms with E-state index >= 15 is 0 Å². The standard InChI is InChI=1S/C29H36FN5O2S/c1-28(2,3)37-27(36)35-15-14-34(18-20(35)10-13-31)25-22-9-12-29(17-24(22)32-26(33-25)38-4)11-8-21-19(16-29)6-5-7-23(21)30/h5-7,20H,8-12,14-18H2,1-4H3/t20?,29-/m1/s1. The highest BCUT2D eigenvalue weighted by Gasteiger charge is 2.41. The highest BCUT2D eigenvalue weighted by molar-refractivity contribution is 7.98. The molecule has 0 bridgehead atoms. The molecule has 2 atom stereocenters. The van der Waals surface area contributed by atoms with E-state index in [1.807, 2.05) is 33.1 Å². The average molecular weight is 538 g/mol. The fourth-order valence-electron chi connectivity index (χ4n) is 6.27. The predicted molar refractivity (Wildman–Crippen MR) is 146 cm³/mol. The number of rotatable bonds is 3. The van der Waals surface area contributed by atoms with Gasteiger partial charge in [-0.25, -0.2) is 19.2 Å². The van der Waals surface area contributed by atoms with Gasteiger partial charge in [-0.1, -0.05) is 23.9 Å². The van der Waals surface area contributed by atoms with Gasteiger partial charge in [0.15, 0.2) is 5.16 Å². The van der Waals surface area contributed by atoms with Gasteiger partial charge in [0.1, 0.15) is 17.2 Å². The van der Waals surface area contributed by atoms with Crippen molar-refractivity contribution in [2.45, 2.75) is 82.5 Å². The summed E-state index contributed by atoms with van der Waals surface area (Å²) in [5.41, 5.74) is 3.79. The maximum atomic E-state index is 14.4. The van der Waals surface area contributed by atoms with Gasteiger partial charge >= 0.3 is 6.09 Å². The van der Waals surface area contributed by atoms with E-state index in [1.165, 1.54) is 17.3 Å². The van der Waals surface area contributed by atoms with Gasteiger partial charge in [-0.05, 0) is 88.2 Å². The number of hydrogen-bond donors (Lipinski definition) is 0. The Hall–Kier alpha value is -2.86. The number of anilines is 1. The number of amides is 1. The van der Waals surface area contributed by atoms with Crippen molar-refractivity contribution in [3.8, 4) is 6.07 Å². The molecule has 38 heavy (non-hydrogen) atoms. The van der Waals surface area contributed by atoms with Crippen LogP contribution < -0.4 is 4.90 Å². The Balaban J connectivity index is 1.41. The van der Waals surface area contributed by atoms with Crippen LogP contribution in [-0.4, -0.2) is 58.5 Å². The van der Waals surface area contributed by atoms with Crippen LogP contribution in [0.4, 0.5) is 15.0 Å². The van der Waals surface area contributed by atoms with Gasteiger partial charge in [0, 0.05) is 25.2 Å². The predicted octanol–water partition coefficient (Wildman–Crippen LogP) is 5.34. The van der Waals surface area contributed by atoms with Gasteiger partial charge < -0.3 is 14.5 Å². The lowest BCUT2D eigenvalue weighted by Gasteiger charge is -2.44. The minimum atomic E-state index is -0.592. The van der Waals surface area contributed by atoms with E-state index in [0.29, 0.717) is 19.6 Å². The lowest BCUT2D eigenvalue weighted by Crippen LogP contribution is -2.56. The zero-order valence-corrected chi connectivity index (χ0v) is 23.5. The fraction of sp³-hybridized carbons (Fsp3) is 0.586. The number of fused-ring (bicyclic) bond motifs is 2. The Morgan fingerprint density at radius 3 is 2.68 bits per heavy atom. The highest BCUT2D eigenvalue weighted by Crippen LogP contribution is 2.47. The Labute approximate surface area is 228 Å². The van der Waals surface area contributed by atoms with Crippen LogP contribution in [0.5, 0.6) is 0 Å². The van der Waals surface area contributed by atoms with Crippen molar-refractivity contribution >= 4 is 23.7 Å². The smallest absolute Gasteiger partial charge is 0.410 e. The van der Waals surface area contributed by atoms with Gasteiger partial charge in [0.05, 0.1) is 24.2 Å². The average Bonchev–Trinajstić information content (AvgIpc) is 2.87. The number of halogens is 1. The monoisotopic (exact) mass is 537 g/mol.